The van der Waals surface area contributed by atoms with Crippen molar-refractivity contribution in [2.24, 2.45) is 37.8 Å². The van der Waals surface area contributed by atoms with Crippen molar-refractivity contribution < 1.29 is 19.2 Å². The molecule has 10 heteroatoms. The summed E-state index contributed by atoms with van der Waals surface area (Å²) in [5.41, 5.74) is 3.76. The molecule has 0 spiro atoms. The molecule has 2 N–H and O–H groups in total. The Morgan fingerprint density at radius 3 is 2.03 bits per heavy atom. The fourth-order valence-corrected chi connectivity index (χ4v) is 3.85. The lowest BCUT2D eigenvalue weighted by atomic mass is 9.94. The molecular weight excluding hydrogens is 400 g/mol. The summed E-state index contributed by atoms with van der Waals surface area (Å²) >= 11 is 0. The summed E-state index contributed by atoms with van der Waals surface area (Å²) in [6.45, 7) is 6.64. The van der Waals surface area contributed by atoms with Gasteiger partial charge >= 0.3 is 5.91 Å². The normalized spacial score (nSPS) is 26.8. The fraction of sp³-hybridized carbons (Fsp3) is 0.429. The van der Waals surface area contributed by atoms with Crippen LogP contribution in [0.3, 0.4) is 0 Å². The van der Waals surface area contributed by atoms with E-state index in [1.54, 1.807) is 52.0 Å². The molecule has 1 fully saturated rings. The van der Waals surface area contributed by atoms with Crippen molar-refractivity contribution in [3.63, 3.8) is 0 Å². The van der Waals surface area contributed by atoms with Crippen molar-refractivity contribution in [2.45, 2.75) is 33.6 Å². The number of nitriles is 2. The average molecular weight is 422 g/mol. The van der Waals surface area contributed by atoms with Gasteiger partial charge in [0.25, 0.3) is 0 Å². The van der Waals surface area contributed by atoms with E-state index in [0.717, 1.165) is 0 Å². The summed E-state index contributed by atoms with van der Waals surface area (Å²) in [6, 6.07) is 10.4. The smallest absolute Gasteiger partial charge is 0.421 e. The molecule has 31 heavy (non-hydrogen) atoms. The highest BCUT2D eigenvalue weighted by molar-refractivity contribution is 6.12. The second-order valence-electron chi connectivity index (χ2n) is 7.70. The number of hydrogen-bond donors (Lipinski definition) is 1. The Hall–Kier alpha value is -3.92. The minimum Gasteiger partial charge on any atom is -0.497 e. The third-order valence-corrected chi connectivity index (χ3v) is 5.27. The first-order valence-electron chi connectivity index (χ1n) is 9.41. The number of fused-ring (bicyclic) bond motifs is 1. The minimum atomic E-state index is -2.19. The van der Waals surface area contributed by atoms with Crippen molar-refractivity contribution in [3.05, 3.63) is 29.8 Å². The monoisotopic (exact) mass is 422 g/mol. The summed E-state index contributed by atoms with van der Waals surface area (Å²) in [4.78, 5) is 28.7. The number of oxime groups is 2. The van der Waals surface area contributed by atoms with Gasteiger partial charge in [0.2, 0.25) is 5.41 Å². The van der Waals surface area contributed by atoms with Crippen LogP contribution in [0, 0.1) is 39.4 Å². The van der Waals surface area contributed by atoms with E-state index in [2.05, 4.69) is 15.3 Å². The largest absolute Gasteiger partial charge is 0.497 e. The second kappa shape index (κ2) is 7.40. The SMILES string of the molecule is COc1ccc(C(=O)[C@H]2[C@]3(C#N)C(N)=NC(ON=C(C)C)(ON=C(C)C)[C@]23C#N)cc1. The number of nitrogens with zero attached hydrogens (tertiary/aromatic N) is 5. The summed E-state index contributed by atoms with van der Waals surface area (Å²) in [5.74, 6) is -3.55. The molecule has 0 amide bonds. The molecule has 0 radical (unpaired) electrons. The van der Waals surface area contributed by atoms with Gasteiger partial charge in [-0.2, -0.15) is 15.5 Å². The van der Waals surface area contributed by atoms with E-state index < -0.39 is 28.4 Å². The van der Waals surface area contributed by atoms with Crippen LogP contribution in [0.25, 0.3) is 0 Å². The fourth-order valence-electron chi connectivity index (χ4n) is 3.85. The standard InChI is InChI=1S/C21H22N6O4/c1-12(2)26-30-21(31-27-13(3)4)20(11-23)17(19(20,10-22)18(24)25-21)16(28)14-6-8-15(29-5)9-7-14/h6-9,17H,1-5H3,(H2,24,25)/t17-,19+,20+/m0/s1. The van der Waals surface area contributed by atoms with Gasteiger partial charge in [0, 0.05) is 5.56 Å². The number of methoxy groups -OCH3 is 1. The molecule has 1 aromatic rings. The van der Waals surface area contributed by atoms with Gasteiger partial charge < -0.3 is 20.1 Å². The lowest BCUT2D eigenvalue weighted by Crippen LogP contribution is -2.42. The van der Waals surface area contributed by atoms with Crippen LogP contribution in [0.2, 0.25) is 0 Å². The molecule has 1 aromatic carbocycles. The zero-order valence-electron chi connectivity index (χ0n) is 17.8. The van der Waals surface area contributed by atoms with Crippen molar-refractivity contribution in [3.8, 4) is 17.9 Å². The summed E-state index contributed by atoms with van der Waals surface area (Å²) in [5, 5.41) is 28.1. The lowest BCUT2D eigenvalue weighted by Gasteiger charge is -2.27. The average Bonchev–Trinajstić information content (AvgIpc) is 3.33. The summed E-state index contributed by atoms with van der Waals surface area (Å²) in [6.07, 6.45) is 0. The first-order chi connectivity index (χ1) is 14.7. The maximum atomic E-state index is 13.4. The molecule has 1 aliphatic carbocycles. The molecule has 10 nitrogen and oxygen atoms in total. The highest BCUT2D eigenvalue weighted by Crippen LogP contribution is 2.78. The molecule has 1 aliphatic heterocycles. The lowest BCUT2D eigenvalue weighted by molar-refractivity contribution is -0.262. The van der Waals surface area contributed by atoms with Crippen LogP contribution in [0.5, 0.6) is 5.75 Å². The highest BCUT2D eigenvalue weighted by atomic mass is 16.8. The number of aliphatic imine (C=N–C) groups is 1. The third kappa shape index (κ3) is 2.83. The van der Waals surface area contributed by atoms with Crippen molar-refractivity contribution in [2.75, 3.05) is 7.11 Å². The number of hydrogen-bond acceptors (Lipinski definition) is 10. The first kappa shape index (κ1) is 21.8. The molecule has 0 unspecified atom stereocenters. The van der Waals surface area contributed by atoms with Gasteiger partial charge in [0.15, 0.2) is 11.2 Å². The molecule has 1 heterocycles. The van der Waals surface area contributed by atoms with E-state index in [9.17, 15) is 15.3 Å². The Bertz CT molecular complexity index is 1070. The number of Topliss-reactive ketones (excluding diaryl/α,β-unsaturated/α-hetero) is 1. The van der Waals surface area contributed by atoms with Gasteiger partial charge in [0.1, 0.15) is 11.6 Å². The molecular formula is C21H22N6O4. The molecule has 0 saturated heterocycles. The number of amidine groups is 1. The Morgan fingerprint density at radius 2 is 1.61 bits per heavy atom. The highest BCUT2D eigenvalue weighted by Gasteiger charge is 2.97. The molecule has 0 aromatic heterocycles. The number of rotatable bonds is 7. The minimum absolute atomic E-state index is 0.240. The van der Waals surface area contributed by atoms with Crippen LogP contribution in [0.4, 0.5) is 0 Å². The van der Waals surface area contributed by atoms with Gasteiger partial charge in [-0.3, -0.25) is 4.79 Å². The summed E-state index contributed by atoms with van der Waals surface area (Å²) in [7, 11) is 1.50. The van der Waals surface area contributed by atoms with E-state index in [1.165, 1.54) is 7.11 Å². The molecule has 2 aliphatic rings. The van der Waals surface area contributed by atoms with Gasteiger partial charge in [0.05, 0.1) is 36.6 Å². The number of benzene rings is 1. The first-order valence-corrected chi connectivity index (χ1v) is 9.41. The second-order valence-corrected chi connectivity index (χ2v) is 7.70. The van der Waals surface area contributed by atoms with Crippen molar-refractivity contribution >= 4 is 23.0 Å². The number of ether oxygens (including phenoxy) is 1. The maximum absolute atomic E-state index is 13.4. The van der Waals surface area contributed by atoms with E-state index >= 15 is 0 Å². The molecule has 1 saturated carbocycles. The van der Waals surface area contributed by atoms with Crippen molar-refractivity contribution in [1.29, 1.82) is 10.5 Å². The Morgan fingerprint density at radius 1 is 1.06 bits per heavy atom. The molecule has 0 bridgehead atoms. The third-order valence-electron chi connectivity index (χ3n) is 5.27. The van der Waals surface area contributed by atoms with Gasteiger partial charge in [-0.15, -0.1) is 0 Å². The Kier molecular flexibility index (Phi) is 5.20. The quantitative estimate of drug-likeness (QED) is 0.306. The van der Waals surface area contributed by atoms with Gasteiger partial charge in [-0.25, -0.2) is 0 Å². The van der Waals surface area contributed by atoms with Crippen molar-refractivity contribution in [1.82, 2.24) is 0 Å². The zero-order chi connectivity index (χ0) is 23.0. The topological polar surface area (TPSA) is 155 Å². The summed E-state index contributed by atoms with van der Waals surface area (Å²) < 4.78 is 5.12. The van der Waals surface area contributed by atoms with E-state index in [1.807, 2.05) is 12.1 Å². The number of nitrogens with two attached hydrogens (primary N) is 1. The van der Waals surface area contributed by atoms with E-state index in [-0.39, 0.29) is 11.4 Å². The molecule has 3 atom stereocenters. The number of ketones is 1. The van der Waals surface area contributed by atoms with Crippen LogP contribution in [-0.2, 0) is 9.68 Å². The van der Waals surface area contributed by atoms with Crippen LogP contribution in [0.1, 0.15) is 38.1 Å². The van der Waals surface area contributed by atoms with Crippen LogP contribution < -0.4 is 10.5 Å². The van der Waals surface area contributed by atoms with Gasteiger partial charge in [-0.1, -0.05) is 10.3 Å². The van der Waals surface area contributed by atoms with Crippen LogP contribution in [-0.4, -0.2) is 36.1 Å². The predicted octanol–water partition coefficient (Wildman–Crippen LogP) is 2.38. The Labute approximate surface area is 179 Å². The zero-order valence-corrected chi connectivity index (χ0v) is 17.8. The number of carbonyl (C=O) groups excluding carboxylic acids is 1. The maximum Gasteiger partial charge on any atom is 0.421 e. The van der Waals surface area contributed by atoms with Gasteiger partial charge in [-0.05, 0) is 52.0 Å². The molecule has 3 rings (SSSR count). The number of carbonyl (C=O) groups is 1. The molecule has 160 valence electrons. The van der Waals surface area contributed by atoms with E-state index in [0.29, 0.717) is 17.2 Å². The van der Waals surface area contributed by atoms with Crippen LogP contribution in [0.15, 0.2) is 39.6 Å². The predicted molar refractivity (Wildman–Crippen MR) is 111 cm³/mol. The van der Waals surface area contributed by atoms with Crippen LogP contribution >= 0.6 is 0 Å². The van der Waals surface area contributed by atoms with E-state index in [4.69, 9.17) is 20.1 Å². The Balaban J connectivity index is 2.17.